The van der Waals surface area contributed by atoms with Gasteiger partial charge in [-0.25, -0.2) is 0 Å². The van der Waals surface area contributed by atoms with E-state index in [1.165, 1.54) is 6.07 Å². The summed E-state index contributed by atoms with van der Waals surface area (Å²) in [6.07, 6.45) is 3.36. The van der Waals surface area contributed by atoms with Crippen molar-refractivity contribution in [1.29, 1.82) is 0 Å². The van der Waals surface area contributed by atoms with E-state index in [2.05, 4.69) is 5.10 Å². The number of benzene rings is 1. The summed E-state index contributed by atoms with van der Waals surface area (Å²) in [5, 5.41) is 15.4. The normalized spacial score (nSPS) is 10.6. The molecule has 0 bridgehead atoms. The van der Waals surface area contributed by atoms with Crippen LogP contribution in [0.15, 0.2) is 30.6 Å². The number of rotatable bonds is 4. The lowest BCUT2D eigenvalue weighted by molar-refractivity contribution is -0.385. The number of nitro benzene ring substituents is 1. The Morgan fingerprint density at radius 1 is 1.44 bits per heavy atom. The molecule has 0 aliphatic rings. The average molecular weight is 286 g/mol. The third kappa shape index (κ3) is 2.63. The molecule has 5 nitrogen and oxygen atoms in total. The Bertz CT molecular complexity index is 583. The molecule has 0 N–H and O–H groups in total. The van der Waals surface area contributed by atoms with Crippen molar-refractivity contribution in [2.45, 2.75) is 12.4 Å². The van der Waals surface area contributed by atoms with Gasteiger partial charge in [-0.2, -0.15) is 5.10 Å². The van der Waals surface area contributed by atoms with E-state index in [1.807, 2.05) is 0 Å². The van der Waals surface area contributed by atoms with Crippen LogP contribution in [-0.2, 0) is 12.4 Å². The molecule has 0 radical (unpaired) electrons. The first-order chi connectivity index (χ1) is 8.61. The van der Waals surface area contributed by atoms with Gasteiger partial charge in [0.2, 0.25) is 0 Å². The van der Waals surface area contributed by atoms with Crippen LogP contribution in [0, 0.1) is 10.1 Å². The lowest BCUT2D eigenvalue weighted by Crippen LogP contribution is -2.04. The van der Waals surface area contributed by atoms with Crippen LogP contribution >= 0.6 is 23.2 Å². The monoisotopic (exact) mass is 285 g/mol. The molecule has 0 unspecified atom stereocenters. The molecule has 0 aliphatic heterocycles. The fraction of sp³-hybridized carbons (Fsp3) is 0.182. The maximum absolute atomic E-state index is 10.9. The minimum atomic E-state index is -0.451. The summed E-state index contributed by atoms with van der Waals surface area (Å²) >= 11 is 11.7. The Balaban J connectivity index is 2.36. The van der Waals surface area contributed by atoms with Crippen molar-refractivity contribution in [2.75, 3.05) is 0 Å². The van der Waals surface area contributed by atoms with Crippen molar-refractivity contribution >= 4 is 28.9 Å². The van der Waals surface area contributed by atoms with Gasteiger partial charge in [-0.1, -0.05) is 17.7 Å². The first kappa shape index (κ1) is 12.9. The van der Waals surface area contributed by atoms with Gasteiger partial charge in [0, 0.05) is 17.8 Å². The van der Waals surface area contributed by atoms with Gasteiger partial charge in [0.1, 0.15) is 0 Å². The standard InChI is InChI=1S/C11H9Cl2N3O2/c12-4-8-5-14-15(6-8)7-9-10(13)2-1-3-11(9)16(17)18/h1-3,5-6H,4,7H2. The summed E-state index contributed by atoms with van der Waals surface area (Å²) in [4.78, 5) is 10.5. The largest absolute Gasteiger partial charge is 0.275 e. The molecule has 1 heterocycles. The van der Waals surface area contributed by atoms with Crippen LogP contribution in [0.3, 0.4) is 0 Å². The van der Waals surface area contributed by atoms with Crippen LogP contribution in [0.25, 0.3) is 0 Å². The van der Waals surface area contributed by atoms with Crippen LogP contribution in [-0.4, -0.2) is 14.7 Å². The van der Waals surface area contributed by atoms with Crippen LogP contribution in [0.1, 0.15) is 11.1 Å². The van der Waals surface area contributed by atoms with Gasteiger partial charge in [0.05, 0.1) is 34.1 Å². The van der Waals surface area contributed by atoms with Crippen molar-refractivity contribution < 1.29 is 4.92 Å². The third-order valence-electron chi connectivity index (χ3n) is 2.45. The molecule has 0 saturated carbocycles. The first-order valence-electron chi connectivity index (χ1n) is 5.11. The highest BCUT2D eigenvalue weighted by molar-refractivity contribution is 6.31. The SMILES string of the molecule is O=[N+]([O-])c1cccc(Cl)c1Cn1cc(CCl)cn1. The highest BCUT2D eigenvalue weighted by Crippen LogP contribution is 2.26. The molecular weight excluding hydrogens is 277 g/mol. The zero-order valence-electron chi connectivity index (χ0n) is 9.22. The second kappa shape index (κ2) is 5.37. The molecule has 1 aromatic heterocycles. The molecule has 94 valence electrons. The zero-order chi connectivity index (χ0) is 13.1. The lowest BCUT2D eigenvalue weighted by atomic mass is 10.2. The number of nitrogens with zero attached hydrogens (tertiary/aromatic N) is 3. The van der Waals surface area contributed by atoms with E-state index in [9.17, 15) is 10.1 Å². The predicted molar refractivity (Wildman–Crippen MR) is 69.0 cm³/mol. The van der Waals surface area contributed by atoms with E-state index < -0.39 is 4.92 Å². The Kier molecular flexibility index (Phi) is 3.84. The van der Waals surface area contributed by atoms with E-state index in [0.29, 0.717) is 16.5 Å². The Morgan fingerprint density at radius 3 is 2.83 bits per heavy atom. The number of aromatic nitrogens is 2. The Labute approximate surface area is 113 Å². The van der Waals surface area contributed by atoms with E-state index in [0.717, 1.165) is 5.56 Å². The molecule has 0 saturated heterocycles. The maximum atomic E-state index is 10.9. The summed E-state index contributed by atoms with van der Waals surface area (Å²) in [6, 6.07) is 4.60. The highest BCUT2D eigenvalue weighted by Gasteiger charge is 2.17. The molecule has 18 heavy (non-hydrogen) atoms. The summed E-state index contributed by atoms with van der Waals surface area (Å²) in [5.74, 6) is 0.352. The molecule has 0 atom stereocenters. The zero-order valence-corrected chi connectivity index (χ0v) is 10.7. The van der Waals surface area contributed by atoms with Gasteiger partial charge < -0.3 is 0 Å². The minimum Gasteiger partial charge on any atom is -0.268 e. The maximum Gasteiger partial charge on any atom is 0.275 e. The van der Waals surface area contributed by atoms with E-state index in [-0.39, 0.29) is 12.2 Å². The van der Waals surface area contributed by atoms with E-state index >= 15 is 0 Å². The van der Waals surface area contributed by atoms with Crippen LogP contribution in [0.4, 0.5) is 5.69 Å². The molecule has 7 heteroatoms. The number of nitro groups is 1. The fourth-order valence-electron chi connectivity index (χ4n) is 1.60. The number of hydrogen-bond donors (Lipinski definition) is 0. The van der Waals surface area contributed by atoms with Gasteiger partial charge in [-0.05, 0) is 6.07 Å². The molecule has 0 aliphatic carbocycles. The van der Waals surface area contributed by atoms with Crippen molar-refractivity contribution in [1.82, 2.24) is 9.78 Å². The highest BCUT2D eigenvalue weighted by atomic mass is 35.5. The number of hydrogen-bond acceptors (Lipinski definition) is 3. The van der Waals surface area contributed by atoms with Crippen molar-refractivity contribution in [3.63, 3.8) is 0 Å². The number of halogens is 2. The van der Waals surface area contributed by atoms with Gasteiger partial charge in [0.15, 0.2) is 0 Å². The van der Waals surface area contributed by atoms with Gasteiger partial charge in [-0.15, -0.1) is 11.6 Å². The topological polar surface area (TPSA) is 61.0 Å². The fourth-order valence-corrected chi connectivity index (χ4v) is 1.97. The average Bonchev–Trinajstić information content (AvgIpc) is 2.79. The van der Waals surface area contributed by atoms with Gasteiger partial charge in [0.25, 0.3) is 5.69 Å². The lowest BCUT2D eigenvalue weighted by Gasteiger charge is -2.05. The van der Waals surface area contributed by atoms with Gasteiger partial charge in [-0.3, -0.25) is 14.8 Å². The second-order valence-electron chi connectivity index (χ2n) is 3.67. The quantitative estimate of drug-likeness (QED) is 0.492. The molecule has 2 rings (SSSR count). The molecule has 0 amide bonds. The molecular formula is C11H9Cl2N3O2. The van der Waals surface area contributed by atoms with Crippen molar-refractivity contribution in [2.24, 2.45) is 0 Å². The first-order valence-corrected chi connectivity index (χ1v) is 6.02. The second-order valence-corrected chi connectivity index (χ2v) is 4.35. The molecule has 2 aromatic rings. The Hall–Kier alpha value is -1.59. The predicted octanol–water partition coefficient (Wildman–Crippen LogP) is 3.23. The molecule has 1 aromatic carbocycles. The van der Waals surface area contributed by atoms with Crippen molar-refractivity contribution in [3.8, 4) is 0 Å². The van der Waals surface area contributed by atoms with E-state index in [1.54, 1.807) is 29.2 Å². The minimum absolute atomic E-state index is 0.00887. The van der Waals surface area contributed by atoms with Crippen molar-refractivity contribution in [3.05, 3.63) is 56.9 Å². The molecule has 0 fully saturated rings. The van der Waals surface area contributed by atoms with Gasteiger partial charge >= 0.3 is 0 Å². The molecule has 0 spiro atoms. The Morgan fingerprint density at radius 2 is 2.22 bits per heavy atom. The summed E-state index contributed by atoms with van der Waals surface area (Å²) in [5.41, 5.74) is 1.28. The van der Waals surface area contributed by atoms with Crippen LogP contribution in [0.2, 0.25) is 5.02 Å². The third-order valence-corrected chi connectivity index (χ3v) is 3.11. The van der Waals surface area contributed by atoms with E-state index in [4.69, 9.17) is 23.2 Å². The summed E-state index contributed by atoms with van der Waals surface area (Å²) in [6.45, 7) is 0.243. The van der Waals surface area contributed by atoms with Crippen LogP contribution in [0.5, 0.6) is 0 Å². The smallest absolute Gasteiger partial charge is 0.268 e. The number of alkyl halides is 1. The summed E-state index contributed by atoms with van der Waals surface area (Å²) < 4.78 is 1.58. The summed E-state index contributed by atoms with van der Waals surface area (Å²) in [7, 11) is 0. The van der Waals surface area contributed by atoms with Crippen LogP contribution < -0.4 is 0 Å².